The first-order valence-corrected chi connectivity index (χ1v) is 6.77. The zero-order valence-electron chi connectivity index (χ0n) is 10.2. The second-order valence-electron chi connectivity index (χ2n) is 4.84. The van der Waals surface area contributed by atoms with Crippen molar-refractivity contribution in [3.05, 3.63) is 28.5 Å². The molecule has 0 bridgehead atoms. The normalized spacial score (nSPS) is 29.5. The summed E-state index contributed by atoms with van der Waals surface area (Å²) in [5.74, 6) is 0.213. The van der Waals surface area contributed by atoms with Crippen LogP contribution in [0, 0.1) is 11.7 Å². The van der Waals surface area contributed by atoms with Crippen molar-refractivity contribution in [1.29, 1.82) is 0 Å². The molecule has 1 aliphatic rings. The van der Waals surface area contributed by atoms with Crippen molar-refractivity contribution >= 4 is 21.6 Å². The molecule has 3 unspecified atom stereocenters. The molecule has 0 aliphatic carbocycles. The summed E-state index contributed by atoms with van der Waals surface area (Å²) in [6, 6.07) is 5.56. The average Bonchev–Trinajstić information content (AvgIpc) is 2.30. The molecule has 0 radical (unpaired) electrons. The van der Waals surface area contributed by atoms with Crippen LogP contribution in [0.2, 0.25) is 0 Å². The topological polar surface area (TPSA) is 29.3 Å². The van der Waals surface area contributed by atoms with Gasteiger partial charge in [-0.1, -0.05) is 22.9 Å². The first-order chi connectivity index (χ1) is 8.00. The Balaban J connectivity index is 2.30. The number of rotatable bonds is 1. The molecule has 0 amide bonds. The van der Waals surface area contributed by atoms with Gasteiger partial charge in [-0.15, -0.1) is 0 Å². The highest BCUT2D eigenvalue weighted by molar-refractivity contribution is 9.10. The van der Waals surface area contributed by atoms with E-state index in [4.69, 9.17) is 5.73 Å². The molecule has 1 saturated heterocycles. The van der Waals surface area contributed by atoms with Gasteiger partial charge in [0, 0.05) is 23.1 Å². The first kappa shape index (κ1) is 12.8. The number of halogens is 2. The van der Waals surface area contributed by atoms with Gasteiger partial charge in [-0.25, -0.2) is 4.39 Å². The maximum absolute atomic E-state index is 13.9. The van der Waals surface area contributed by atoms with E-state index in [0.29, 0.717) is 11.6 Å². The summed E-state index contributed by atoms with van der Waals surface area (Å²) in [6.07, 6.45) is 0.914. The summed E-state index contributed by atoms with van der Waals surface area (Å²) in [6.45, 7) is 5.07. The third kappa shape index (κ3) is 2.47. The lowest BCUT2D eigenvalue weighted by Crippen LogP contribution is -2.52. The Labute approximate surface area is 110 Å². The van der Waals surface area contributed by atoms with Crippen molar-refractivity contribution in [3.63, 3.8) is 0 Å². The molecule has 1 aliphatic heterocycles. The molecule has 0 aromatic heterocycles. The van der Waals surface area contributed by atoms with Crippen LogP contribution in [0.15, 0.2) is 22.7 Å². The van der Waals surface area contributed by atoms with Crippen LogP contribution in [-0.4, -0.2) is 18.6 Å². The molecule has 1 aromatic rings. The fraction of sp³-hybridized carbons (Fsp3) is 0.538. The van der Waals surface area contributed by atoms with Gasteiger partial charge in [-0.2, -0.15) is 0 Å². The second-order valence-corrected chi connectivity index (χ2v) is 5.76. The van der Waals surface area contributed by atoms with Gasteiger partial charge in [0.15, 0.2) is 0 Å². The molecule has 2 N–H and O–H groups in total. The molecule has 0 spiro atoms. The van der Waals surface area contributed by atoms with E-state index in [1.54, 1.807) is 6.07 Å². The lowest BCUT2D eigenvalue weighted by Gasteiger charge is -2.42. The Hall–Kier alpha value is -0.610. The Morgan fingerprint density at radius 1 is 1.41 bits per heavy atom. The molecule has 2 nitrogen and oxygen atoms in total. The monoisotopic (exact) mass is 300 g/mol. The molecular formula is C13H18BrFN2. The summed E-state index contributed by atoms with van der Waals surface area (Å²) in [4.78, 5) is 2.12. The van der Waals surface area contributed by atoms with E-state index in [1.807, 2.05) is 6.07 Å². The first-order valence-electron chi connectivity index (χ1n) is 5.98. The van der Waals surface area contributed by atoms with Crippen LogP contribution in [0.1, 0.15) is 20.3 Å². The molecule has 1 fully saturated rings. The van der Waals surface area contributed by atoms with E-state index < -0.39 is 0 Å². The zero-order chi connectivity index (χ0) is 12.6. The number of hydrogen-bond donors (Lipinski definition) is 1. The van der Waals surface area contributed by atoms with Crippen LogP contribution in [0.4, 0.5) is 10.1 Å². The van der Waals surface area contributed by atoms with Crippen LogP contribution in [0.3, 0.4) is 0 Å². The summed E-state index contributed by atoms with van der Waals surface area (Å²) in [5, 5.41) is 0. The fourth-order valence-corrected chi connectivity index (χ4v) is 2.79. The largest absolute Gasteiger partial charge is 0.366 e. The predicted octanol–water partition coefficient (Wildman–Crippen LogP) is 3.15. The van der Waals surface area contributed by atoms with E-state index in [9.17, 15) is 4.39 Å². The summed E-state index contributed by atoms with van der Waals surface area (Å²) in [7, 11) is 0. The highest BCUT2D eigenvalue weighted by atomic mass is 79.9. The van der Waals surface area contributed by atoms with E-state index >= 15 is 0 Å². The number of anilines is 1. The molecular weight excluding hydrogens is 283 g/mol. The van der Waals surface area contributed by atoms with Gasteiger partial charge in [-0.3, -0.25) is 0 Å². The van der Waals surface area contributed by atoms with Gasteiger partial charge in [-0.05, 0) is 37.5 Å². The summed E-state index contributed by atoms with van der Waals surface area (Å²) < 4.78 is 14.8. The Morgan fingerprint density at radius 2 is 2.12 bits per heavy atom. The van der Waals surface area contributed by atoms with Crippen molar-refractivity contribution in [3.8, 4) is 0 Å². The molecule has 3 atom stereocenters. The van der Waals surface area contributed by atoms with Gasteiger partial charge in [0.05, 0.1) is 5.69 Å². The van der Waals surface area contributed by atoms with Gasteiger partial charge in [0.2, 0.25) is 0 Å². The number of benzene rings is 1. The quantitative estimate of drug-likeness (QED) is 0.863. The maximum atomic E-state index is 13.9. The van der Waals surface area contributed by atoms with Crippen molar-refractivity contribution < 1.29 is 4.39 Å². The molecule has 1 heterocycles. The number of hydrogen-bond acceptors (Lipinski definition) is 2. The van der Waals surface area contributed by atoms with Crippen molar-refractivity contribution in [1.82, 2.24) is 0 Å². The smallest absolute Gasteiger partial charge is 0.146 e. The number of nitrogens with zero attached hydrogens (tertiary/aromatic N) is 1. The molecule has 2 rings (SSSR count). The molecule has 17 heavy (non-hydrogen) atoms. The van der Waals surface area contributed by atoms with E-state index in [0.717, 1.165) is 17.4 Å². The van der Waals surface area contributed by atoms with Crippen molar-refractivity contribution in [2.75, 3.05) is 11.4 Å². The number of piperidine rings is 1. The minimum absolute atomic E-state index is 0.164. The van der Waals surface area contributed by atoms with E-state index in [2.05, 4.69) is 34.7 Å². The second kappa shape index (κ2) is 4.94. The van der Waals surface area contributed by atoms with Gasteiger partial charge in [0.1, 0.15) is 5.82 Å². The van der Waals surface area contributed by atoms with Crippen LogP contribution < -0.4 is 10.6 Å². The Bertz CT molecular complexity index is 410. The molecule has 4 heteroatoms. The van der Waals surface area contributed by atoms with E-state index in [-0.39, 0.29) is 17.9 Å². The maximum Gasteiger partial charge on any atom is 0.146 e. The Morgan fingerprint density at radius 3 is 2.82 bits per heavy atom. The number of nitrogens with two attached hydrogens (primary N) is 1. The van der Waals surface area contributed by atoms with Crippen LogP contribution >= 0.6 is 15.9 Å². The van der Waals surface area contributed by atoms with Gasteiger partial charge >= 0.3 is 0 Å². The zero-order valence-corrected chi connectivity index (χ0v) is 11.7. The van der Waals surface area contributed by atoms with Crippen LogP contribution in [0.25, 0.3) is 0 Å². The van der Waals surface area contributed by atoms with Gasteiger partial charge in [0.25, 0.3) is 0 Å². The lowest BCUT2D eigenvalue weighted by atomic mass is 9.87. The molecule has 0 saturated carbocycles. The summed E-state index contributed by atoms with van der Waals surface area (Å²) >= 11 is 3.39. The highest BCUT2D eigenvalue weighted by Gasteiger charge is 2.31. The molecule has 1 aromatic carbocycles. The van der Waals surface area contributed by atoms with E-state index in [1.165, 1.54) is 6.07 Å². The third-order valence-electron chi connectivity index (χ3n) is 3.85. The minimum atomic E-state index is -0.164. The van der Waals surface area contributed by atoms with Gasteiger partial charge < -0.3 is 10.6 Å². The van der Waals surface area contributed by atoms with Crippen molar-refractivity contribution in [2.24, 2.45) is 11.7 Å². The van der Waals surface area contributed by atoms with Crippen LogP contribution in [-0.2, 0) is 0 Å². The SMILES string of the molecule is CC1C(N)CCN(c2cc(Br)ccc2F)C1C. The van der Waals surface area contributed by atoms with Crippen molar-refractivity contribution in [2.45, 2.75) is 32.4 Å². The standard InChI is InChI=1S/C13H18BrFN2/c1-8-9(2)17(6-5-12(8)16)13-7-10(14)3-4-11(13)15/h3-4,7-9,12H,5-6,16H2,1-2H3. The molecule has 94 valence electrons. The predicted molar refractivity (Wildman–Crippen MR) is 72.7 cm³/mol. The lowest BCUT2D eigenvalue weighted by molar-refractivity contribution is 0.313. The summed E-state index contributed by atoms with van der Waals surface area (Å²) in [5.41, 5.74) is 6.72. The third-order valence-corrected chi connectivity index (χ3v) is 4.34. The average molecular weight is 301 g/mol. The van der Waals surface area contributed by atoms with Crippen LogP contribution in [0.5, 0.6) is 0 Å². The Kier molecular flexibility index (Phi) is 3.73. The fourth-order valence-electron chi connectivity index (χ4n) is 2.44. The highest BCUT2D eigenvalue weighted by Crippen LogP contribution is 2.31. The minimum Gasteiger partial charge on any atom is -0.366 e.